The topological polar surface area (TPSA) is 52.0 Å². The molecule has 3 heteroatoms. The minimum atomic E-state index is 0.00111. The Morgan fingerprint density at radius 1 is 1.80 bits per heavy atom. The van der Waals surface area contributed by atoms with E-state index >= 15 is 0 Å². The highest BCUT2D eigenvalue weighted by atomic mass is 16.5. The van der Waals surface area contributed by atoms with Gasteiger partial charge in [0.25, 0.3) is 0 Å². The average molecular weight is 140 g/mol. The third-order valence-corrected chi connectivity index (χ3v) is 1.45. The van der Waals surface area contributed by atoms with Gasteiger partial charge < -0.3 is 10.3 Å². The summed E-state index contributed by atoms with van der Waals surface area (Å²) in [6.07, 6.45) is 0.884. The summed E-state index contributed by atoms with van der Waals surface area (Å²) in [5.41, 5.74) is 6.56. The fourth-order valence-electron chi connectivity index (χ4n) is 0.759. The van der Waals surface area contributed by atoms with Crippen molar-refractivity contribution in [3.8, 4) is 0 Å². The van der Waals surface area contributed by atoms with Crippen LogP contribution in [0.15, 0.2) is 10.6 Å². The molecular formula is C7H12N2O. The molecule has 10 heavy (non-hydrogen) atoms. The molecule has 0 aliphatic heterocycles. The summed E-state index contributed by atoms with van der Waals surface area (Å²) in [7, 11) is 0. The lowest BCUT2D eigenvalue weighted by molar-refractivity contribution is 0.356. The number of hydrogen-bond donors (Lipinski definition) is 1. The Bertz CT molecular complexity index is 207. The van der Waals surface area contributed by atoms with Crippen molar-refractivity contribution in [1.29, 1.82) is 0 Å². The lowest BCUT2D eigenvalue weighted by Gasteiger charge is -2.00. The average Bonchev–Trinajstić information content (AvgIpc) is 2.34. The predicted octanol–water partition coefficient (Wildman–Crippen LogP) is 1.39. The Hall–Kier alpha value is -0.830. The first-order valence-electron chi connectivity index (χ1n) is 3.43. The normalized spacial score (nSPS) is 13.5. The molecule has 0 radical (unpaired) electrons. The highest BCUT2D eigenvalue weighted by Crippen LogP contribution is 2.13. The first kappa shape index (κ1) is 7.28. The van der Waals surface area contributed by atoms with Crippen molar-refractivity contribution in [2.45, 2.75) is 26.3 Å². The van der Waals surface area contributed by atoms with Crippen LogP contribution in [0.2, 0.25) is 0 Å². The minimum absolute atomic E-state index is 0.00111. The summed E-state index contributed by atoms with van der Waals surface area (Å²) >= 11 is 0. The molecule has 0 saturated heterocycles. The van der Waals surface area contributed by atoms with E-state index in [0.717, 1.165) is 17.9 Å². The zero-order valence-corrected chi connectivity index (χ0v) is 6.29. The van der Waals surface area contributed by atoms with Gasteiger partial charge in [-0.1, -0.05) is 12.1 Å². The number of aromatic nitrogens is 1. The van der Waals surface area contributed by atoms with Crippen LogP contribution >= 0.6 is 0 Å². The van der Waals surface area contributed by atoms with E-state index in [9.17, 15) is 0 Å². The SMILES string of the molecule is CC[C@@H](N)c1cc(C)no1. The summed E-state index contributed by atoms with van der Waals surface area (Å²) < 4.78 is 4.94. The monoisotopic (exact) mass is 140 g/mol. The molecule has 0 saturated carbocycles. The van der Waals surface area contributed by atoms with Crippen molar-refractivity contribution in [2.24, 2.45) is 5.73 Å². The zero-order chi connectivity index (χ0) is 7.56. The summed E-state index contributed by atoms with van der Waals surface area (Å²) in [6.45, 7) is 3.90. The molecule has 0 fully saturated rings. The van der Waals surface area contributed by atoms with Crippen LogP contribution in [0, 0.1) is 6.92 Å². The smallest absolute Gasteiger partial charge is 0.153 e. The predicted molar refractivity (Wildman–Crippen MR) is 38.5 cm³/mol. The van der Waals surface area contributed by atoms with Crippen LogP contribution < -0.4 is 5.73 Å². The molecule has 1 heterocycles. The molecule has 0 unspecified atom stereocenters. The fourth-order valence-corrected chi connectivity index (χ4v) is 0.759. The van der Waals surface area contributed by atoms with E-state index in [-0.39, 0.29) is 6.04 Å². The molecular weight excluding hydrogens is 128 g/mol. The van der Waals surface area contributed by atoms with Crippen LogP contribution in [0.5, 0.6) is 0 Å². The largest absolute Gasteiger partial charge is 0.359 e. The van der Waals surface area contributed by atoms with E-state index in [1.54, 1.807) is 0 Å². The van der Waals surface area contributed by atoms with E-state index in [0.29, 0.717) is 0 Å². The summed E-state index contributed by atoms with van der Waals surface area (Å²) in [6, 6.07) is 1.87. The van der Waals surface area contributed by atoms with Gasteiger partial charge in [0.1, 0.15) is 0 Å². The molecule has 3 nitrogen and oxygen atoms in total. The Kier molecular flexibility index (Phi) is 2.06. The van der Waals surface area contributed by atoms with Gasteiger partial charge in [0.05, 0.1) is 11.7 Å². The summed E-state index contributed by atoms with van der Waals surface area (Å²) in [4.78, 5) is 0. The van der Waals surface area contributed by atoms with Crippen molar-refractivity contribution >= 4 is 0 Å². The van der Waals surface area contributed by atoms with Crippen molar-refractivity contribution in [1.82, 2.24) is 5.16 Å². The van der Waals surface area contributed by atoms with Crippen molar-refractivity contribution in [3.63, 3.8) is 0 Å². The Balaban J connectivity index is 2.74. The molecule has 1 aromatic rings. The van der Waals surface area contributed by atoms with Gasteiger partial charge in [-0.05, 0) is 13.3 Å². The van der Waals surface area contributed by atoms with E-state index in [1.807, 2.05) is 19.9 Å². The molecule has 56 valence electrons. The fraction of sp³-hybridized carbons (Fsp3) is 0.571. The number of aryl methyl sites for hydroxylation is 1. The van der Waals surface area contributed by atoms with Gasteiger partial charge in [0, 0.05) is 6.07 Å². The molecule has 1 rings (SSSR count). The van der Waals surface area contributed by atoms with Crippen LogP contribution in [-0.4, -0.2) is 5.16 Å². The first-order valence-corrected chi connectivity index (χ1v) is 3.43. The van der Waals surface area contributed by atoms with Crippen molar-refractivity contribution in [3.05, 3.63) is 17.5 Å². The van der Waals surface area contributed by atoms with Gasteiger partial charge in [-0.2, -0.15) is 0 Å². The number of nitrogens with zero attached hydrogens (tertiary/aromatic N) is 1. The molecule has 0 bridgehead atoms. The van der Waals surface area contributed by atoms with Gasteiger partial charge in [-0.25, -0.2) is 0 Å². The Morgan fingerprint density at radius 2 is 2.50 bits per heavy atom. The number of nitrogens with two attached hydrogens (primary N) is 1. The van der Waals surface area contributed by atoms with Gasteiger partial charge in [0.2, 0.25) is 0 Å². The summed E-state index contributed by atoms with van der Waals surface area (Å²) in [5, 5.41) is 3.73. The van der Waals surface area contributed by atoms with Crippen LogP contribution in [0.4, 0.5) is 0 Å². The van der Waals surface area contributed by atoms with E-state index in [2.05, 4.69) is 5.16 Å². The summed E-state index contributed by atoms with van der Waals surface area (Å²) in [5.74, 6) is 0.778. The zero-order valence-electron chi connectivity index (χ0n) is 6.29. The minimum Gasteiger partial charge on any atom is -0.359 e. The molecule has 0 spiro atoms. The van der Waals surface area contributed by atoms with Crippen molar-refractivity contribution in [2.75, 3.05) is 0 Å². The van der Waals surface area contributed by atoms with Crippen molar-refractivity contribution < 1.29 is 4.52 Å². The van der Waals surface area contributed by atoms with E-state index in [4.69, 9.17) is 10.3 Å². The Labute approximate surface area is 60.2 Å². The van der Waals surface area contributed by atoms with E-state index in [1.165, 1.54) is 0 Å². The molecule has 0 amide bonds. The maximum Gasteiger partial charge on any atom is 0.153 e. The van der Waals surface area contributed by atoms with Crippen LogP contribution in [0.1, 0.15) is 30.8 Å². The first-order chi connectivity index (χ1) is 4.74. The maximum atomic E-state index is 5.67. The van der Waals surface area contributed by atoms with Gasteiger partial charge in [0.15, 0.2) is 5.76 Å². The van der Waals surface area contributed by atoms with Crippen LogP contribution in [0.3, 0.4) is 0 Å². The molecule has 0 aliphatic rings. The third-order valence-electron chi connectivity index (χ3n) is 1.45. The quantitative estimate of drug-likeness (QED) is 0.675. The van der Waals surface area contributed by atoms with Gasteiger partial charge >= 0.3 is 0 Å². The lowest BCUT2D eigenvalue weighted by atomic mass is 10.2. The second-order valence-electron chi connectivity index (χ2n) is 2.39. The van der Waals surface area contributed by atoms with E-state index < -0.39 is 0 Å². The molecule has 1 atom stereocenters. The second kappa shape index (κ2) is 2.84. The lowest BCUT2D eigenvalue weighted by Crippen LogP contribution is -2.06. The van der Waals surface area contributed by atoms with Crippen LogP contribution in [0.25, 0.3) is 0 Å². The highest BCUT2D eigenvalue weighted by Gasteiger charge is 2.07. The third kappa shape index (κ3) is 1.36. The Morgan fingerprint density at radius 3 is 2.90 bits per heavy atom. The molecule has 1 aromatic heterocycles. The number of hydrogen-bond acceptors (Lipinski definition) is 3. The second-order valence-corrected chi connectivity index (χ2v) is 2.39. The maximum absolute atomic E-state index is 5.67. The van der Waals surface area contributed by atoms with Gasteiger partial charge in [-0.15, -0.1) is 0 Å². The molecule has 2 N–H and O–H groups in total. The molecule has 0 aliphatic carbocycles. The van der Waals surface area contributed by atoms with Crippen LogP contribution in [-0.2, 0) is 0 Å². The highest BCUT2D eigenvalue weighted by molar-refractivity contribution is 5.06. The standard InChI is InChI=1S/C7H12N2O/c1-3-6(8)7-4-5(2)9-10-7/h4,6H,3,8H2,1-2H3/t6-/m1/s1. The number of rotatable bonds is 2. The van der Waals surface area contributed by atoms with Gasteiger partial charge in [-0.3, -0.25) is 0 Å². The molecule has 0 aromatic carbocycles.